The smallest absolute Gasteiger partial charge is 0.149 e. The Kier molecular flexibility index (Phi) is 3.55. The third kappa shape index (κ3) is 2.23. The second-order valence-electron chi connectivity index (χ2n) is 4.50. The maximum Gasteiger partial charge on any atom is 0.149 e. The van der Waals surface area contributed by atoms with Crippen molar-refractivity contribution in [2.24, 2.45) is 5.16 Å². The van der Waals surface area contributed by atoms with Crippen LogP contribution in [-0.2, 0) is 0 Å². The van der Waals surface area contributed by atoms with Crippen LogP contribution in [0, 0.1) is 0 Å². The van der Waals surface area contributed by atoms with Crippen LogP contribution >= 0.6 is 23.2 Å². The Morgan fingerprint density at radius 2 is 1.75 bits per heavy atom. The van der Waals surface area contributed by atoms with Crippen molar-refractivity contribution in [1.82, 2.24) is 0 Å². The van der Waals surface area contributed by atoms with Crippen LogP contribution in [0.5, 0.6) is 5.75 Å². The number of benzene rings is 2. The topological polar surface area (TPSA) is 41.8 Å². The summed E-state index contributed by atoms with van der Waals surface area (Å²) >= 11 is 12.3. The van der Waals surface area contributed by atoms with E-state index in [1.54, 1.807) is 12.1 Å². The highest BCUT2D eigenvalue weighted by atomic mass is 35.5. The van der Waals surface area contributed by atoms with Crippen LogP contribution in [0.2, 0.25) is 10.0 Å². The summed E-state index contributed by atoms with van der Waals surface area (Å²) in [5, 5.41) is 13.5. The van der Waals surface area contributed by atoms with Crippen LogP contribution < -0.4 is 4.74 Å². The number of ether oxygens (including phenoxy) is 1. The van der Waals surface area contributed by atoms with E-state index in [2.05, 4.69) is 5.16 Å². The van der Waals surface area contributed by atoms with E-state index >= 15 is 0 Å². The molecular formula is C15H11Cl2NO2. The zero-order valence-electron chi connectivity index (χ0n) is 10.4. The second-order valence-corrected chi connectivity index (χ2v) is 5.32. The number of hydrogen-bond donors (Lipinski definition) is 1. The summed E-state index contributed by atoms with van der Waals surface area (Å²) in [7, 11) is 0. The van der Waals surface area contributed by atoms with Gasteiger partial charge in [-0.05, 0) is 17.7 Å². The third-order valence-electron chi connectivity index (χ3n) is 3.28. The van der Waals surface area contributed by atoms with Crippen molar-refractivity contribution in [3.05, 3.63) is 63.6 Å². The van der Waals surface area contributed by atoms with E-state index in [9.17, 15) is 5.21 Å². The summed E-state index contributed by atoms with van der Waals surface area (Å²) < 4.78 is 5.95. The van der Waals surface area contributed by atoms with E-state index in [4.69, 9.17) is 27.9 Å². The molecule has 3 nitrogen and oxygen atoms in total. The highest BCUT2D eigenvalue weighted by molar-refractivity contribution is 6.37. The van der Waals surface area contributed by atoms with Crippen molar-refractivity contribution in [3.63, 3.8) is 0 Å². The van der Waals surface area contributed by atoms with Crippen LogP contribution in [0.3, 0.4) is 0 Å². The Hall–Kier alpha value is -1.71. The first-order chi connectivity index (χ1) is 9.70. The van der Waals surface area contributed by atoms with E-state index in [1.165, 1.54) is 0 Å². The Bertz CT molecular complexity index is 671. The van der Waals surface area contributed by atoms with E-state index in [0.717, 1.165) is 5.56 Å². The molecule has 20 heavy (non-hydrogen) atoms. The highest BCUT2D eigenvalue weighted by Gasteiger charge is 2.30. The highest BCUT2D eigenvalue weighted by Crippen LogP contribution is 2.42. The van der Waals surface area contributed by atoms with Crippen LogP contribution in [0.1, 0.15) is 23.7 Å². The van der Waals surface area contributed by atoms with Gasteiger partial charge in [0.1, 0.15) is 11.9 Å². The van der Waals surface area contributed by atoms with E-state index in [0.29, 0.717) is 33.5 Å². The summed E-state index contributed by atoms with van der Waals surface area (Å²) in [4.78, 5) is 0. The molecule has 0 unspecified atom stereocenters. The maximum absolute atomic E-state index is 9.25. The summed E-state index contributed by atoms with van der Waals surface area (Å²) in [5.41, 5.74) is 2.04. The Labute approximate surface area is 126 Å². The minimum Gasteiger partial charge on any atom is -0.483 e. The molecule has 0 spiro atoms. The molecule has 1 N–H and O–H groups in total. The van der Waals surface area contributed by atoms with Crippen molar-refractivity contribution in [2.75, 3.05) is 0 Å². The molecule has 1 aliphatic heterocycles. The van der Waals surface area contributed by atoms with Gasteiger partial charge in [0.2, 0.25) is 0 Å². The number of halogens is 2. The molecular weight excluding hydrogens is 297 g/mol. The number of nitrogens with zero attached hydrogens (tertiary/aromatic N) is 1. The van der Waals surface area contributed by atoms with Crippen LogP contribution in [0.15, 0.2) is 47.6 Å². The molecule has 0 aliphatic carbocycles. The average molecular weight is 308 g/mol. The molecule has 0 amide bonds. The molecule has 0 bridgehead atoms. The monoisotopic (exact) mass is 307 g/mol. The lowest BCUT2D eigenvalue weighted by molar-refractivity contribution is 0.203. The zero-order chi connectivity index (χ0) is 14.1. The van der Waals surface area contributed by atoms with Crippen LogP contribution in [0.4, 0.5) is 0 Å². The molecule has 5 heteroatoms. The lowest BCUT2D eigenvalue weighted by Crippen LogP contribution is -2.21. The largest absolute Gasteiger partial charge is 0.483 e. The van der Waals surface area contributed by atoms with Crippen molar-refractivity contribution in [2.45, 2.75) is 12.5 Å². The number of rotatable bonds is 1. The second kappa shape index (κ2) is 5.35. The third-order valence-corrected chi connectivity index (χ3v) is 3.89. The normalized spacial score (nSPS) is 19.5. The molecule has 0 radical (unpaired) electrons. The van der Waals surface area contributed by atoms with Crippen LogP contribution in [0.25, 0.3) is 0 Å². The van der Waals surface area contributed by atoms with Gasteiger partial charge in [-0.15, -0.1) is 0 Å². The van der Waals surface area contributed by atoms with Gasteiger partial charge in [-0.25, -0.2) is 0 Å². The summed E-state index contributed by atoms with van der Waals surface area (Å²) in [6, 6.07) is 13.1. The standard InChI is InChI=1S/C15H11Cl2NO2/c16-10-6-7-11(17)15-14(10)12(18-19)8-13(20-15)9-4-2-1-3-5-9/h1-7,13,19H,8H2/b18-12-/t13-/m1/s1. The number of hydrogen-bond acceptors (Lipinski definition) is 3. The average Bonchev–Trinajstić information content (AvgIpc) is 2.51. The summed E-state index contributed by atoms with van der Waals surface area (Å²) in [5.74, 6) is 0.465. The molecule has 0 saturated heterocycles. The first kappa shape index (κ1) is 13.3. The Morgan fingerprint density at radius 1 is 1.05 bits per heavy atom. The molecule has 0 fully saturated rings. The van der Waals surface area contributed by atoms with E-state index in [1.807, 2.05) is 30.3 Å². The fraction of sp³-hybridized carbons (Fsp3) is 0.133. The predicted octanol–water partition coefficient (Wildman–Crippen LogP) is 4.70. The SMILES string of the molecule is O/N=C1/C[C@H](c2ccccc2)Oc2c(Cl)ccc(Cl)c21. The molecule has 0 saturated carbocycles. The molecule has 1 heterocycles. The van der Waals surface area contributed by atoms with Crippen molar-refractivity contribution in [3.8, 4) is 5.75 Å². The molecule has 102 valence electrons. The first-order valence-corrected chi connectivity index (χ1v) is 6.87. The minimum absolute atomic E-state index is 0.245. The van der Waals surface area contributed by atoms with Gasteiger partial charge in [-0.3, -0.25) is 0 Å². The Morgan fingerprint density at radius 3 is 2.45 bits per heavy atom. The summed E-state index contributed by atoms with van der Waals surface area (Å²) in [6.07, 6.45) is 0.193. The van der Waals surface area contributed by atoms with Crippen molar-refractivity contribution < 1.29 is 9.94 Å². The first-order valence-electron chi connectivity index (χ1n) is 6.11. The minimum atomic E-state index is -0.245. The van der Waals surface area contributed by atoms with Gasteiger partial charge in [-0.1, -0.05) is 58.7 Å². The van der Waals surface area contributed by atoms with Crippen molar-refractivity contribution in [1.29, 1.82) is 0 Å². The molecule has 0 aromatic heterocycles. The fourth-order valence-electron chi connectivity index (χ4n) is 2.32. The van der Waals surface area contributed by atoms with Gasteiger partial charge in [-0.2, -0.15) is 0 Å². The molecule has 1 atom stereocenters. The van der Waals surface area contributed by atoms with E-state index < -0.39 is 0 Å². The van der Waals surface area contributed by atoms with Crippen LogP contribution in [-0.4, -0.2) is 10.9 Å². The molecule has 1 aliphatic rings. The van der Waals surface area contributed by atoms with Gasteiger partial charge in [0.05, 0.1) is 21.3 Å². The lowest BCUT2D eigenvalue weighted by Gasteiger charge is -2.28. The quantitative estimate of drug-likeness (QED) is 0.613. The maximum atomic E-state index is 9.25. The lowest BCUT2D eigenvalue weighted by atomic mass is 9.95. The number of fused-ring (bicyclic) bond motifs is 1. The molecule has 2 aromatic rings. The van der Waals surface area contributed by atoms with Gasteiger partial charge in [0.15, 0.2) is 0 Å². The van der Waals surface area contributed by atoms with Gasteiger partial charge in [0.25, 0.3) is 0 Å². The van der Waals surface area contributed by atoms with Gasteiger partial charge >= 0.3 is 0 Å². The fourth-order valence-corrected chi connectivity index (χ4v) is 2.78. The zero-order valence-corrected chi connectivity index (χ0v) is 11.9. The van der Waals surface area contributed by atoms with Gasteiger partial charge in [0, 0.05) is 6.42 Å². The van der Waals surface area contributed by atoms with Gasteiger partial charge < -0.3 is 9.94 Å². The van der Waals surface area contributed by atoms with Crippen molar-refractivity contribution >= 4 is 28.9 Å². The molecule has 3 rings (SSSR count). The Balaban J connectivity index is 2.10. The van der Waals surface area contributed by atoms with E-state index in [-0.39, 0.29) is 6.10 Å². The number of oxime groups is 1. The molecule has 2 aromatic carbocycles. The predicted molar refractivity (Wildman–Crippen MR) is 79.2 cm³/mol. The summed E-state index contributed by atoms with van der Waals surface area (Å²) in [6.45, 7) is 0.